The van der Waals surface area contributed by atoms with Gasteiger partial charge in [0.25, 0.3) is 0 Å². The molecular weight excluding hydrogens is 292 g/mol. The minimum absolute atomic E-state index is 0.0422. The second kappa shape index (κ2) is 9.29. The van der Waals surface area contributed by atoms with E-state index in [1.807, 2.05) is 34.6 Å². The molecule has 0 unspecified atom stereocenters. The second-order valence-electron chi connectivity index (χ2n) is 7.64. The topological polar surface area (TPSA) is 52.6 Å². The molecule has 0 saturated heterocycles. The van der Waals surface area contributed by atoms with Gasteiger partial charge in [-0.2, -0.15) is 0 Å². The smallest absolute Gasteiger partial charge is 0.323 e. The first-order valence-electron chi connectivity index (χ1n) is 9.19. The minimum Gasteiger partial charge on any atom is -0.465 e. The lowest BCUT2D eigenvalue weighted by Crippen LogP contribution is -2.48. The van der Waals surface area contributed by atoms with Crippen LogP contribution in [0.5, 0.6) is 0 Å². The Morgan fingerprint density at radius 3 is 1.70 bits per heavy atom. The Kier molecular flexibility index (Phi) is 8.07. The van der Waals surface area contributed by atoms with E-state index in [0.717, 1.165) is 25.7 Å². The van der Waals surface area contributed by atoms with Crippen molar-refractivity contribution in [2.75, 3.05) is 13.2 Å². The maximum Gasteiger partial charge on any atom is 0.323 e. The zero-order chi connectivity index (χ0) is 17.5. The predicted octanol–water partition coefficient (Wildman–Crippen LogP) is 4.36. The van der Waals surface area contributed by atoms with Crippen molar-refractivity contribution in [3.63, 3.8) is 0 Å². The normalized spacial score (nSPS) is 16.7. The summed E-state index contributed by atoms with van der Waals surface area (Å²) in [5.74, 6) is -0.206. The Hall–Kier alpha value is -1.06. The van der Waals surface area contributed by atoms with Crippen LogP contribution in [0.3, 0.4) is 0 Å². The summed E-state index contributed by atoms with van der Waals surface area (Å²) in [7, 11) is 0. The highest BCUT2D eigenvalue weighted by molar-refractivity contribution is 6.00. The Bertz CT molecular complexity index is 357. The molecule has 0 bridgehead atoms. The van der Waals surface area contributed by atoms with E-state index in [-0.39, 0.29) is 29.7 Å². The van der Waals surface area contributed by atoms with Crippen LogP contribution in [0.1, 0.15) is 73.1 Å². The summed E-state index contributed by atoms with van der Waals surface area (Å²) in [5.41, 5.74) is -1.12. The highest BCUT2D eigenvalue weighted by Gasteiger charge is 2.53. The maximum absolute atomic E-state index is 12.9. The summed E-state index contributed by atoms with van der Waals surface area (Å²) in [5, 5.41) is 0. The average molecular weight is 326 g/mol. The highest BCUT2D eigenvalue weighted by atomic mass is 16.6. The van der Waals surface area contributed by atoms with Crippen LogP contribution in [-0.4, -0.2) is 25.2 Å². The van der Waals surface area contributed by atoms with Crippen molar-refractivity contribution >= 4 is 11.9 Å². The first-order valence-corrected chi connectivity index (χ1v) is 9.19. The van der Waals surface area contributed by atoms with E-state index in [1.54, 1.807) is 0 Å². The molecule has 0 radical (unpaired) electrons. The average Bonchev–Trinajstić information content (AvgIpc) is 2.53. The Morgan fingerprint density at radius 2 is 1.35 bits per heavy atom. The number of hydrogen-bond donors (Lipinski definition) is 0. The summed E-state index contributed by atoms with van der Waals surface area (Å²) in [6.07, 6.45) is 5.58. The lowest BCUT2D eigenvalue weighted by Gasteiger charge is -2.38. The Balaban J connectivity index is 2.99. The summed E-state index contributed by atoms with van der Waals surface area (Å²) in [6, 6.07) is 0. The van der Waals surface area contributed by atoms with Crippen LogP contribution in [0.15, 0.2) is 0 Å². The van der Waals surface area contributed by atoms with Gasteiger partial charge in [0.2, 0.25) is 0 Å². The molecule has 0 atom stereocenters. The fourth-order valence-corrected chi connectivity index (χ4v) is 3.33. The van der Waals surface area contributed by atoms with Crippen LogP contribution >= 0.6 is 0 Å². The van der Waals surface area contributed by atoms with Gasteiger partial charge in [-0.15, -0.1) is 0 Å². The van der Waals surface area contributed by atoms with E-state index < -0.39 is 5.41 Å². The molecule has 0 N–H and O–H groups in total. The summed E-state index contributed by atoms with van der Waals surface area (Å²) in [6.45, 7) is 10.6. The molecule has 1 rings (SSSR count). The van der Waals surface area contributed by atoms with Crippen molar-refractivity contribution in [2.24, 2.45) is 23.2 Å². The van der Waals surface area contributed by atoms with E-state index in [0.29, 0.717) is 19.6 Å². The number of carbonyl (C=O) groups excluding carboxylic acids is 2. The quantitative estimate of drug-likeness (QED) is 0.491. The first-order chi connectivity index (χ1) is 10.8. The van der Waals surface area contributed by atoms with Gasteiger partial charge in [0.05, 0.1) is 13.2 Å². The fraction of sp³-hybridized carbons (Fsp3) is 0.895. The van der Waals surface area contributed by atoms with Crippen LogP contribution < -0.4 is 0 Å². The molecule has 0 spiro atoms. The number of hydrogen-bond acceptors (Lipinski definition) is 4. The van der Waals surface area contributed by atoms with E-state index in [2.05, 4.69) is 0 Å². The molecule has 0 amide bonds. The third kappa shape index (κ3) is 5.22. The van der Waals surface area contributed by atoms with E-state index in [1.165, 1.54) is 6.42 Å². The molecule has 0 aliphatic heterocycles. The van der Waals surface area contributed by atoms with Crippen molar-refractivity contribution in [3.8, 4) is 0 Å². The SMILES string of the molecule is CCC(C(=O)OCC(C)C)(C(=O)OCC(C)C)C1CCCCC1. The van der Waals surface area contributed by atoms with Gasteiger partial charge in [0, 0.05) is 0 Å². The van der Waals surface area contributed by atoms with Gasteiger partial charge < -0.3 is 9.47 Å². The molecule has 1 fully saturated rings. The van der Waals surface area contributed by atoms with E-state index in [9.17, 15) is 9.59 Å². The molecule has 0 aromatic heterocycles. The lowest BCUT2D eigenvalue weighted by atomic mass is 9.67. The molecule has 1 aliphatic rings. The molecular formula is C19H34O4. The van der Waals surface area contributed by atoms with Crippen LogP contribution in [0.4, 0.5) is 0 Å². The first kappa shape index (κ1) is 20.0. The van der Waals surface area contributed by atoms with Gasteiger partial charge in [-0.3, -0.25) is 9.59 Å². The van der Waals surface area contributed by atoms with E-state index in [4.69, 9.17) is 9.47 Å². The zero-order valence-corrected chi connectivity index (χ0v) is 15.5. The molecule has 0 heterocycles. The largest absolute Gasteiger partial charge is 0.465 e. The van der Waals surface area contributed by atoms with Gasteiger partial charge in [-0.1, -0.05) is 53.9 Å². The molecule has 0 aromatic carbocycles. The van der Waals surface area contributed by atoms with E-state index >= 15 is 0 Å². The van der Waals surface area contributed by atoms with Crippen LogP contribution in [0, 0.1) is 23.2 Å². The van der Waals surface area contributed by atoms with Crippen molar-refractivity contribution in [2.45, 2.75) is 73.1 Å². The molecule has 23 heavy (non-hydrogen) atoms. The second-order valence-corrected chi connectivity index (χ2v) is 7.64. The number of rotatable bonds is 8. The Morgan fingerprint density at radius 1 is 0.913 bits per heavy atom. The van der Waals surface area contributed by atoms with Crippen molar-refractivity contribution < 1.29 is 19.1 Å². The minimum atomic E-state index is -1.12. The third-order valence-corrected chi connectivity index (χ3v) is 4.68. The summed E-state index contributed by atoms with van der Waals surface area (Å²) < 4.78 is 11.0. The van der Waals surface area contributed by atoms with Gasteiger partial charge in [-0.05, 0) is 37.0 Å². The monoisotopic (exact) mass is 326 g/mol. The maximum atomic E-state index is 12.9. The number of carbonyl (C=O) groups is 2. The number of ether oxygens (including phenoxy) is 2. The molecule has 4 heteroatoms. The van der Waals surface area contributed by atoms with Gasteiger partial charge in [-0.25, -0.2) is 0 Å². The zero-order valence-electron chi connectivity index (χ0n) is 15.5. The summed E-state index contributed by atoms with van der Waals surface area (Å²) >= 11 is 0. The predicted molar refractivity (Wildman–Crippen MR) is 90.9 cm³/mol. The molecule has 1 saturated carbocycles. The van der Waals surface area contributed by atoms with Crippen molar-refractivity contribution in [3.05, 3.63) is 0 Å². The molecule has 4 nitrogen and oxygen atoms in total. The Labute approximate surface area is 141 Å². The summed E-state index contributed by atoms with van der Waals surface area (Å²) in [4.78, 5) is 25.7. The fourth-order valence-electron chi connectivity index (χ4n) is 3.33. The molecule has 0 aromatic rings. The standard InChI is InChI=1S/C19H34O4/c1-6-19(16-10-8-7-9-11-16,17(20)22-12-14(2)3)18(21)23-13-15(4)5/h14-16H,6-13H2,1-5H3. The van der Waals surface area contributed by atoms with Gasteiger partial charge in [0.15, 0.2) is 5.41 Å². The molecule has 1 aliphatic carbocycles. The lowest BCUT2D eigenvalue weighted by molar-refractivity contribution is -0.180. The van der Waals surface area contributed by atoms with Crippen molar-refractivity contribution in [1.82, 2.24) is 0 Å². The van der Waals surface area contributed by atoms with Gasteiger partial charge in [0.1, 0.15) is 0 Å². The third-order valence-electron chi connectivity index (χ3n) is 4.68. The van der Waals surface area contributed by atoms with Crippen molar-refractivity contribution in [1.29, 1.82) is 0 Å². The van der Waals surface area contributed by atoms with Gasteiger partial charge >= 0.3 is 11.9 Å². The molecule has 134 valence electrons. The van der Waals surface area contributed by atoms with Crippen LogP contribution in [-0.2, 0) is 19.1 Å². The van der Waals surface area contributed by atoms with Crippen LogP contribution in [0.2, 0.25) is 0 Å². The highest BCUT2D eigenvalue weighted by Crippen LogP contribution is 2.43. The number of esters is 2. The van der Waals surface area contributed by atoms with Crippen LogP contribution in [0.25, 0.3) is 0 Å².